The smallest absolute Gasteiger partial charge is 0.156 e. The van der Waals surface area contributed by atoms with Gasteiger partial charge in [0.25, 0.3) is 0 Å². The third-order valence-electron chi connectivity index (χ3n) is 1.50. The van der Waals surface area contributed by atoms with E-state index in [1.54, 1.807) is 0 Å². The molecule has 3 nitrogen and oxygen atoms in total. The average molecular weight is 259 g/mol. The molecule has 56 valence electrons. The van der Waals surface area contributed by atoms with Crippen molar-refractivity contribution < 1.29 is 0 Å². The van der Waals surface area contributed by atoms with Crippen molar-refractivity contribution in [3.63, 3.8) is 0 Å². The van der Waals surface area contributed by atoms with Crippen LogP contribution in [0.2, 0.25) is 0 Å². The number of hydrogen-bond acceptors (Lipinski definition) is 2. The molecular formula is C7H6IN3. The first-order chi connectivity index (χ1) is 5.29. The van der Waals surface area contributed by atoms with Crippen molar-refractivity contribution in [2.75, 3.05) is 5.73 Å². The maximum atomic E-state index is 5.61. The van der Waals surface area contributed by atoms with Crippen molar-refractivity contribution in [3.8, 4) is 0 Å². The van der Waals surface area contributed by atoms with Crippen LogP contribution in [0, 0.1) is 3.70 Å². The standard InChI is InChI=1S/C7H6IN3/c8-6-7(9)10-5-3-1-2-4-11(5)6/h1-4H,9H2. The average Bonchev–Trinajstić information content (AvgIpc) is 2.30. The Hall–Kier alpha value is -0.780. The molecule has 2 aromatic rings. The Morgan fingerprint density at radius 1 is 1.45 bits per heavy atom. The fourth-order valence-corrected chi connectivity index (χ4v) is 1.51. The quantitative estimate of drug-likeness (QED) is 0.729. The second kappa shape index (κ2) is 2.37. The Balaban J connectivity index is 2.92. The van der Waals surface area contributed by atoms with Gasteiger partial charge in [-0.2, -0.15) is 0 Å². The molecule has 0 amide bonds. The van der Waals surface area contributed by atoms with Crippen LogP contribution in [0.3, 0.4) is 0 Å². The summed E-state index contributed by atoms with van der Waals surface area (Å²) >= 11 is 2.17. The molecule has 0 fully saturated rings. The molecule has 0 aromatic carbocycles. The van der Waals surface area contributed by atoms with Gasteiger partial charge in [0.2, 0.25) is 0 Å². The number of rotatable bonds is 0. The molecule has 0 saturated carbocycles. The number of aromatic nitrogens is 2. The van der Waals surface area contributed by atoms with Crippen molar-refractivity contribution in [2.45, 2.75) is 0 Å². The summed E-state index contributed by atoms with van der Waals surface area (Å²) in [5.41, 5.74) is 6.51. The number of halogens is 1. The third-order valence-corrected chi connectivity index (χ3v) is 2.57. The Morgan fingerprint density at radius 2 is 2.27 bits per heavy atom. The SMILES string of the molecule is Nc1nc2ccccn2c1I. The zero-order valence-corrected chi connectivity index (χ0v) is 7.82. The lowest BCUT2D eigenvalue weighted by Crippen LogP contribution is -1.88. The molecule has 0 aliphatic heterocycles. The van der Waals surface area contributed by atoms with Crippen LogP contribution in [-0.2, 0) is 0 Å². The van der Waals surface area contributed by atoms with Gasteiger partial charge in [-0.05, 0) is 34.7 Å². The fourth-order valence-electron chi connectivity index (χ4n) is 0.984. The van der Waals surface area contributed by atoms with Crippen molar-refractivity contribution in [3.05, 3.63) is 28.1 Å². The molecule has 2 rings (SSSR count). The first-order valence-corrected chi connectivity index (χ1v) is 4.25. The minimum absolute atomic E-state index is 0.594. The van der Waals surface area contributed by atoms with E-state index < -0.39 is 0 Å². The summed E-state index contributed by atoms with van der Waals surface area (Å²) in [7, 11) is 0. The lowest BCUT2D eigenvalue weighted by Gasteiger charge is -1.90. The van der Waals surface area contributed by atoms with Crippen LogP contribution in [0.1, 0.15) is 0 Å². The molecule has 0 atom stereocenters. The highest BCUT2D eigenvalue weighted by Crippen LogP contribution is 2.15. The summed E-state index contributed by atoms with van der Waals surface area (Å²) in [5.74, 6) is 0.594. The van der Waals surface area contributed by atoms with E-state index >= 15 is 0 Å². The van der Waals surface area contributed by atoms with Gasteiger partial charge in [-0.25, -0.2) is 4.98 Å². The van der Waals surface area contributed by atoms with E-state index in [4.69, 9.17) is 5.73 Å². The number of nitrogens with two attached hydrogens (primary N) is 1. The summed E-state index contributed by atoms with van der Waals surface area (Å²) in [6.45, 7) is 0. The molecule has 0 bridgehead atoms. The van der Waals surface area contributed by atoms with E-state index in [1.807, 2.05) is 28.8 Å². The molecule has 0 unspecified atom stereocenters. The lowest BCUT2D eigenvalue weighted by molar-refractivity contribution is 1.15. The first-order valence-electron chi connectivity index (χ1n) is 3.17. The molecule has 0 saturated heterocycles. The first kappa shape index (κ1) is 6.90. The van der Waals surface area contributed by atoms with Gasteiger partial charge in [-0.3, -0.25) is 4.40 Å². The van der Waals surface area contributed by atoms with Crippen molar-refractivity contribution >= 4 is 34.1 Å². The zero-order chi connectivity index (χ0) is 7.84. The van der Waals surface area contributed by atoms with E-state index in [2.05, 4.69) is 27.6 Å². The lowest BCUT2D eigenvalue weighted by atomic mass is 10.5. The number of pyridine rings is 1. The minimum atomic E-state index is 0.594. The second-order valence-electron chi connectivity index (χ2n) is 2.22. The Morgan fingerprint density at radius 3 is 3.00 bits per heavy atom. The zero-order valence-electron chi connectivity index (χ0n) is 5.66. The molecule has 2 N–H and O–H groups in total. The summed E-state index contributed by atoms with van der Waals surface area (Å²) < 4.78 is 2.92. The summed E-state index contributed by atoms with van der Waals surface area (Å²) in [6.07, 6.45) is 1.94. The number of anilines is 1. The Bertz CT molecular complexity index is 393. The van der Waals surface area contributed by atoms with E-state index in [-0.39, 0.29) is 0 Å². The van der Waals surface area contributed by atoms with Crippen LogP contribution in [-0.4, -0.2) is 9.38 Å². The topological polar surface area (TPSA) is 43.3 Å². The number of nitrogen functional groups attached to an aromatic ring is 1. The number of nitrogens with zero attached hydrogens (tertiary/aromatic N) is 2. The monoisotopic (exact) mass is 259 g/mol. The van der Waals surface area contributed by atoms with E-state index in [1.165, 1.54) is 0 Å². The predicted molar refractivity (Wildman–Crippen MR) is 52.3 cm³/mol. The largest absolute Gasteiger partial charge is 0.381 e. The molecule has 0 aliphatic carbocycles. The van der Waals surface area contributed by atoms with Crippen molar-refractivity contribution in [2.24, 2.45) is 0 Å². The molecule has 2 aromatic heterocycles. The number of hydrogen-bond donors (Lipinski definition) is 1. The van der Waals surface area contributed by atoms with E-state index in [0.29, 0.717) is 5.82 Å². The van der Waals surface area contributed by atoms with Gasteiger partial charge in [0, 0.05) is 6.20 Å². The Kier molecular flexibility index (Phi) is 1.49. The van der Waals surface area contributed by atoms with Crippen LogP contribution in [0.25, 0.3) is 5.65 Å². The van der Waals surface area contributed by atoms with Gasteiger partial charge in [0.15, 0.2) is 5.82 Å². The van der Waals surface area contributed by atoms with Crippen LogP contribution >= 0.6 is 22.6 Å². The molecule has 0 radical (unpaired) electrons. The van der Waals surface area contributed by atoms with E-state index in [0.717, 1.165) is 9.35 Å². The fraction of sp³-hybridized carbons (Fsp3) is 0. The van der Waals surface area contributed by atoms with Crippen molar-refractivity contribution in [1.29, 1.82) is 0 Å². The van der Waals surface area contributed by atoms with Crippen LogP contribution in [0.5, 0.6) is 0 Å². The van der Waals surface area contributed by atoms with Crippen LogP contribution < -0.4 is 5.73 Å². The van der Waals surface area contributed by atoms with Crippen LogP contribution in [0.15, 0.2) is 24.4 Å². The van der Waals surface area contributed by atoms with Gasteiger partial charge < -0.3 is 5.73 Å². The normalized spacial score (nSPS) is 10.6. The molecular weight excluding hydrogens is 253 g/mol. The minimum Gasteiger partial charge on any atom is -0.381 e. The summed E-state index contributed by atoms with van der Waals surface area (Å²) in [6, 6.07) is 5.83. The highest BCUT2D eigenvalue weighted by atomic mass is 127. The predicted octanol–water partition coefficient (Wildman–Crippen LogP) is 1.52. The summed E-state index contributed by atoms with van der Waals surface area (Å²) in [4.78, 5) is 4.15. The second-order valence-corrected chi connectivity index (χ2v) is 3.24. The molecule has 2 heterocycles. The molecule has 0 aliphatic rings. The van der Waals surface area contributed by atoms with Gasteiger partial charge in [0.05, 0.1) is 0 Å². The third kappa shape index (κ3) is 0.973. The van der Waals surface area contributed by atoms with Gasteiger partial charge in [0.1, 0.15) is 9.35 Å². The Labute approximate surface area is 77.4 Å². The number of fused-ring (bicyclic) bond motifs is 1. The van der Waals surface area contributed by atoms with E-state index in [9.17, 15) is 0 Å². The van der Waals surface area contributed by atoms with Crippen molar-refractivity contribution in [1.82, 2.24) is 9.38 Å². The maximum absolute atomic E-state index is 5.61. The van der Waals surface area contributed by atoms with Gasteiger partial charge >= 0.3 is 0 Å². The summed E-state index contributed by atoms with van der Waals surface area (Å²) in [5, 5.41) is 0. The highest BCUT2D eigenvalue weighted by Gasteiger charge is 2.03. The highest BCUT2D eigenvalue weighted by molar-refractivity contribution is 14.1. The molecule has 4 heteroatoms. The van der Waals surface area contributed by atoms with Crippen LogP contribution in [0.4, 0.5) is 5.82 Å². The molecule has 11 heavy (non-hydrogen) atoms. The van der Waals surface area contributed by atoms with Gasteiger partial charge in [-0.1, -0.05) is 6.07 Å². The number of imidazole rings is 1. The maximum Gasteiger partial charge on any atom is 0.156 e. The molecule has 0 spiro atoms. The van der Waals surface area contributed by atoms with Gasteiger partial charge in [-0.15, -0.1) is 0 Å².